The fourth-order valence-electron chi connectivity index (χ4n) is 1.85. The van der Waals surface area contributed by atoms with Gasteiger partial charge in [0.2, 0.25) is 0 Å². The second-order valence-electron chi connectivity index (χ2n) is 3.82. The lowest BCUT2D eigenvalue weighted by atomic mass is 10.1. The molecule has 0 atom stereocenters. The molecule has 0 amide bonds. The standard InChI is InChI=1S/C12H8F2N2OS/c1-6-10-7(11(13)14)5-8(9-3-2-4-18-9)15-12(10)17-16-6/h2-5,11H,1H3. The number of pyridine rings is 1. The molecule has 92 valence electrons. The highest BCUT2D eigenvalue weighted by atomic mass is 32.1. The first-order valence-corrected chi connectivity index (χ1v) is 6.13. The molecule has 3 nitrogen and oxygen atoms in total. The lowest BCUT2D eigenvalue weighted by Crippen LogP contribution is -1.91. The Morgan fingerprint density at radius 2 is 2.22 bits per heavy atom. The summed E-state index contributed by atoms with van der Waals surface area (Å²) in [5.74, 6) is 0. The first-order valence-electron chi connectivity index (χ1n) is 5.26. The Balaban J connectivity index is 2.31. The third kappa shape index (κ3) is 1.69. The Morgan fingerprint density at radius 3 is 2.89 bits per heavy atom. The van der Waals surface area contributed by atoms with Gasteiger partial charge in [-0.1, -0.05) is 11.2 Å². The van der Waals surface area contributed by atoms with E-state index in [1.807, 2.05) is 17.5 Å². The van der Waals surface area contributed by atoms with Crippen LogP contribution in [0.1, 0.15) is 17.7 Å². The van der Waals surface area contributed by atoms with Gasteiger partial charge in [-0.15, -0.1) is 11.3 Å². The van der Waals surface area contributed by atoms with Gasteiger partial charge in [0.25, 0.3) is 12.1 Å². The summed E-state index contributed by atoms with van der Waals surface area (Å²) in [4.78, 5) is 5.06. The third-order valence-corrected chi connectivity index (χ3v) is 3.55. The average Bonchev–Trinajstić information content (AvgIpc) is 2.98. The van der Waals surface area contributed by atoms with E-state index in [1.54, 1.807) is 6.92 Å². The van der Waals surface area contributed by atoms with E-state index in [0.29, 0.717) is 16.8 Å². The van der Waals surface area contributed by atoms with Gasteiger partial charge in [-0.05, 0) is 24.4 Å². The lowest BCUT2D eigenvalue weighted by molar-refractivity contribution is 0.153. The zero-order valence-electron chi connectivity index (χ0n) is 9.35. The van der Waals surface area contributed by atoms with E-state index in [4.69, 9.17) is 4.52 Å². The molecule has 3 aromatic heterocycles. The van der Waals surface area contributed by atoms with E-state index in [-0.39, 0.29) is 11.3 Å². The van der Waals surface area contributed by atoms with Gasteiger partial charge < -0.3 is 4.52 Å². The molecule has 0 spiro atoms. The fraction of sp³-hybridized carbons (Fsp3) is 0.167. The van der Waals surface area contributed by atoms with E-state index in [9.17, 15) is 8.78 Å². The fourth-order valence-corrected chi connectivity index (χ4v) is 2.54. The van der Waals surface area contributed by atoms with Crippen LogP contribution in [0.4, 0.5) is 8.78 Å². The van der Waals surface area contributed by atoms with Crippen molar-refractivity contribution in [2.45, 2.75) is 13.3 Å². The molecule has 0 aliphatic heterocycles. The third-order valence-electron chi connectivity index (χ3n) is 2.66. The van der Waals surface area contributed by atoms with Gasteiger partial charge in [0.05, 0.1) is 21.7 Å². The van der Waals surface area contributed by atoms with Gasteiger partial charge in [0.1, 0.15) is 0 Å². The van der Waals surface area contributed by atoms with Crippen LogP contribution in [0.3, 0.4) is 0 Å². The Kier molecular flexibility index (Phi) is 2.59. The first-order chi connectivity index (χ1) is 8.66. The zero-order valence-corrected chi connectivity index (χ0v) is 10.2. The number of halogens is 2. The van der Waals surface area contributed by atoms with Gasteiger partial charge in [-0.2, -0.15) is 0 Å². The number of rotatable bonds is 2. The zero-order chi connectivity index (χ0) is 12.7. The normalized spacial score (nSPS) is 11.6. The van der Waals surface area contributed by atoms with Crippen LogP contribution < -0.4 is 0 Å². The summed E-state index contributed by atoms with van der Waals surface area (Å²) in [5.41, 5.74) is 1.00. The van der Waals surface area contributed by atoms with E-state index in [2.05, 4.69) is 10.1 Å². The van der Waals surface area contributed by atoms with Crippen molar-refractivity contribution in [3.05, 3.63) is 34.8 Å². The molecule has 0 fully saturated rings. The van der Waals surface area contributed by atoms with Crippen molar-refractivity contribution in [3.63, 3.8) is 0 Å². The Bertz CT molecular complexity index is 691. The predicted molar refractivity (Wildman–Crippen MR) is 64.8 cm³/mol. The van der Waals surface area contributed by atoms with Gasteiger partial charge in [0.15, 0.2) is 0 Å². The molecule has 0 saturated carbocycles. The van der Waals surface area contributed by atoms with Crippen molar-refractivity contribution in [2.75, 3.05) is 0 Å². The quantitative estimate of drug-likeness (QED) is 0.697. The first kappa shape index (κ1) is 11.3. The molecule has 0 aromatic carbocycles. The Labute approximate surface area is 105 Å². The minimum atomic E-state index is -2.58. The number of alkyl halides is 2. The molecular weight excluding hydrogens is 258 g/mol. The van der Waals surface area contributed by atoms with Gasteiger partial charge in [0, 0.05) is 5.56 Å². The van der Waals surface area contributed by atoms with Gasteiger partial charge in [-0.3, -0.25) is 0 Å². The molecule has 6 heteroatoms. The van der Waals surface area contributed by atoms with Crippen LogP contribution in [0.25, 0.3) is 21.7 Å². The smallest absolute Gasteiger partial charge is 0.264 e. The molecule has 0 radical (unpaired) electrons. The van der Waals surface area contributed by atoms with Crippen LogP contribution in [0.15, 0.2) is 28.1 Å². The van der Waals surface area contributed by atoms with Crippen molar-refractivity contribution in [3.8, 4) is 10.6 Å². The summed E-state index contributed by atoms with van der Waals surface area (Å²) in [7, 11) is 0. The molecule has 3 rings (SSSR count). The van der Waals surface area contributed by atoms with Crippen LogP contribution >= 0.6 is 11.3 Å². The largest absolute Gasteiger partial charge is 0.336 e. The van der Waals surface area contributed by atoms with Crippen molar-refractivity contribution in [1.29, 1.82) is 0 Å². The number of nitrogens with zero attached hydrogens (tertiary/aromatic N) is 2. The van der Waals surface area contributed by atoms with Crippen molar-refractivity contribution < 1.29 is 13.3 Å². The summed E-state index contributed by atoms with van der Waals surface area (Å²) >= 11 is 1.44. The lowest BCUT2D eigenvalue weighted by Gasteiger charge is -2.04. The number of thiophene rings is 1. The molecule has 18 heavy (non-hydrogen) atoms. The van der Waals surface area contributed by atoms with E-state index in [1.165, 1.54) is 17.4 Å². The molecule has 0 aliphatic carbocycles. The Morgan fingerprint density at radius 1 is 1.39 bits per heavy atom. The monoisotopic (exact) mass is 266 g/mol. The van der Waals surface area contributed by atoms with Crippen LogP contribution in [0, 0.1) is 6.92 Å². The van der Waals surface area contributed by atoms with Crippen molar-refractivity contribution >= 4 is 22.4 Å². The maximum atomic E-state index is 13.1. The van der Waals surface area contributed by atoms with Crippen molar-refractivity contribution in [1.82, 2.24) is 10.1 Å². The summed E-state index contributed by atoms with van der Waals surface area (Å²) in [6.07, 6.45) is -2.58. The molecule has 0 aliphatic rings. The molecular formula is C12H8F2N2OS. The summed E-state index contributed by atoms with van der Waals surface area (Å²) < 4.78 is 31.2. The van der Waals surface area contributed by atoms with Crippen molar-refractivity contribution in [2.24, 2.45) is 0 Å². The van der Waals surface area contributed by atoms with E-state index in [0.717, 1.165) is 4.88 Å². The van der Waals surface area contributed by atoms with Crippen LogP contribution in [-0.2, 0) is 0 Å². The van der Waals surface area contributed by atoms with Gasteiger partial charge >= 0.3 is 0 Å². The number of aromatic nitrogens is 2. The van der Waals surface area contributed by atoms with Crippen LogP contribution in [-0.4, -0.2) is 10.1 Å². The second-order valence-corrected chi connectivity index (χ2v) is 4.77. The molecule has 3 heterocycles. The highest BCUT2D eigenvalue weighted by Gasteiger charge is 2.20. The highest BCUT2D eigenvalue weighted by molar-refractivity contribution is 7.13. The summed E-state index contributed by atoms with van der Waals surface area (Å²) in [6, 6.07) is 5.08. The number of aryl methyl sites for hydroxylation is 1. The summed E-state index contributed by atoms with van der Waals surface area (Å²) in [5, 5.41) is 5.87. The summed E-state index contributed by atoms with van der Waals surface area (Å²) in [6.45, 7) is 1.63. The second kappa shape index (κ2) is 4.13. The Hall–Kier alpha value is -1.82. The highest BCUT2D eigenvalue weighted by Crippen LogP contribution is 2.33. The van der Waals surface area contributed by atoms with Gasteiger partial charge in [-0.25, -0.2) is 13.8 Å². The topological polar surface area (TPSA) is 38.9 Å². The van der Waals surface area contributed by atoms with Crippen LogP contribution in [0.5, 0.6) is 0 Å². The maximum Gasteiger partial charge on any atom is 0.264 e. The molecule has 0 saturated heterocycles. The number of fused-ring (bicyclic) bond motifs is 1. The van der Waals surface area contributed by atoms with E-state index < -0.39 is 6.43 Å². The number of hydrogen-bond acceptors (Lipinski definition) is 4. The van der Waals surface area contributed by atoms with E-state index >= 15 is 0 Å². The molecule has 0 N–H and O–H groups in total. The average molecular weight is 266 g/mol. The maximum absolute atomic E-state index is 13.1. The molecule has 0 unspecified atom stereocenters. The molecule has 3 aromatic rings. The minimum absolute atomic E-state index is 0.0813. The number of hydrogen-bond donors (Lipinski definition) is 0. The van der Waals surface area contributed by atoms with Crippen LogP contribution in [0.2, 0.25) is 0 Å². The minimum Gasteiger partial charge on any atom is -0.336 e. The SMILES string of the molecule is Cc1noc2nc(-c3cccs3)cc(C(F)F)c12. The predicted octanol–water partition coefficient (Wildman–Crippen LogP) is 4.20. The molecule has 0 bridgehead atoms.